The van der Waals surface area contributed by atoms with Crippen LogP contribution in [0, 0.1) is 0 Å². The summed E-state index contributed by atoms with van der Waals surface area (Å²) in [7, 11) is 0. The monoisotopic (exact) mass is 276 g/mol. The fraction of sp³-hybridized carbons (Fsp3) is 0.417. The van der Waals surface area contributed by atoms with Crippen molar-refractivity contribution in [1.29, 1.82) is 0 Å². The number of likely N-dealkylation sites (tertiary alicyclic amines) is 1. The van der Waals surface area contributed by atoms with Gasteiger partial charge in [-0.2, -0.15) is 13.2 Å². The molecule has 1 saturated heterocycles. The van der Waals surface area contributed by atoms with Crippen LogP contribution in [0.4, 0.5) is 23.2 Å². The van der Waals surface area contributed by atoms with E-state index >= 15 is 0 Å². The summed E-state index contributed by atoms with van der Waals surface area (Å²) in [6.45, 7) is 0.190. The van der Waals surface area contributed by atoms with Crippen LogP contribution in [0.3, 0.4) is 0 Å². The molecular weight excluding hydrogens is 264 g/mol. The van der Waals surface area contributed by atoms with Gasteiger partial charge in [-0.3, -0.25) is 9.69 Å². The molecule has 0 spiro atoms. The summed E-state index contributed by atoms with van der Waals surface area (Å²) in [6, 6.07) is 4.75. The van der Waals surface area contributed by atoms with Gasteiger partial charge in [0.15, 0.2) is 0 Å². The van der Waals surface area contributed by atoms with Crippen molar-refractivity contribution < 1.29 is 22.4 Å². The zero-order valence-corrected chi connectivity index (χ0v) is 9.88. The Morgan fingerprint density at radius 2 is 1.95 bits per heavy atom. The van der Waals surface area contributed by atoms with E-state index in [1.807, 2.05) is 0 Å². The summed E-state index contributed by atoms with van der Waals surface area (Å²) in [6.07, 6.45) is -5.47. The van der Waals surface area contributed by atoms with E-state index in [1.54, 1.807) is 0 Å². The first kappa shape index (κ1) is 13.8. The molecule has 0 saturated carbocycles. The van der Waals surface area contributed by atoms with Gasteiger partial charge in [-0.25, -0.2) is 4.39 Å². The minimum absolute atomic E-state index is 0.105. The molecule has 3 nitrogen and oxygen atoms in total. The SMILES string of the molecule is O=C(CN1CC(F)C1)Nc1ccccc1C(F)(F)F. The second-order valence-electron chi connectivity index (χ2n) is 4.38. The molecule has 0 aliphatic carbocycles. The minimum atomic E-state index is -4.52. The molecule has 1 aliphatic rings. The highest BCUT2D eigenvalue weighted by Gasteiger charge is 2.34. The quantitative estimate of drug-likeness (QED) is 0.859. The number of alkyl halides is 4. The number of para-hydroxylation sites is 1. The largest absolute Gasteiger partial charge is 0.418 e. The highest BCUT2D eigenvalue weighted by Crippen LogP contribution is 2.34. The average Bonchev–Trinajstić information content (AvgIpc) is 2.26. The second kappa shape index (κ2) is 5.16. The summed E-state index contributed by atoms with van der Waals surface area (Å²) in [4.78, 5) is 13.1. The molecule has 2 rings (SSSR count). The Bertz CT molecular complexity index is 469. The van der Waals surface area contributed by atoms with Crippen LogP contribution in [0.1, 0.15) is 5.56 Å². The zero-order valence-electron chi connectivity index (χ0n) is 9.88. The van der Waals surface area contributed by atoms with Gasteiger partial charge in [0.25, 0.3) is 0 Å². The Balaban J connectivity index is 2.01. The molecule has 1 aliphatic heterocycles. The molecule has 0 unspecified atom stereocenters. The number of hydrogen-bond acceptors (Lipinski definition) is 2. The van der Waals surface area contributed by atoms with Crippen LogP contribution in [-0.4, -0.2) is 36.6 Å². The van der Waals surface area contributed by atoms with Crippen molar-refractivity contribution in [3.8, 4) is 0 Å². The second-order valence-corrected chi connectivity index (χ2v) is 4.38. The average molecular weight is 276 g/mol. The molecule has 104 valence electrons. The lowest BCUT2D eigenvalue weighted by molar-refractivity contribution is -0.137. The Hall–Kier alpha value is -1.63. The van der Waals surface area contributed by atoms with Crippen LogP contribution in [0.5, 0.6) is 0 Å². The van der Waals surface area contributed by atoms with Gasteiger partial charge in [-0.15, -0.1) is 0 Å². The van der Waals surface area contributed by atoms with Gasteiger partial charge < -0.3 is 5.32 Å². The van der Waals surface area contributed by atoms with E-state index in [0.717, 1.165) is 6.07 Å². The van der Waals surface area contributed by atoms with Crippen LogP contribution in [0.15, 0.2) is 24.3 Å². The number of benzene rings is 1. The molecule has 0 atom stereocenters. The van der Waals surface area contributed by atoms with Crippen LogP contribution in [0.25, 0.3) is 0 Å². The molecule has 1 heterocycles. The number of carbonyl (C=O) groups is 1. The van der Waals surface area contributed by atoms with Crippen molar-refractivity contribution in [3.05, 3.63) is 29.8 Å². The lowest BCUT2D eigenvalue weighted by atomic mass is 10.1. The Morgan fingerprint density at radius 1 is 1.32 bits per heavy atom. The van der Waals surface area contributed by atoms with E-state index in [-0.39, 0.29) is 25.3 Å². The van der Waals surface area contributed by atoms with Crippen molar-refractivity contribution in [3.63, 3.8) is 0 Å². The van der Waals surface area contributed by atoms with Gasteiger partial charge in [0, 0.05) is 13.1 Å². The van der Waals surface area contributed by atoms with Crippen LogP contribution in [-0.2, 0) is 11.0 Å². The topological polar surface area (TPSA) is 32.3 Å². The van der Waals surface area contributed by atoms with E-state index in [2.05, 4.69) is 5.32 Å². The van der Waals surface area contributed by atoms with Crippen LogP contribution < -0.4 is 5.32 Å². The summed E-state index contributed by atoms with van der Waals surface area (Å²) >= 11 is 0. The van der Waals surface area contributed by atoms with Crippen molar-refractivity contribution in [2.75, 3.05) is 25.0 Å². The Morgan fingerprint density at radius 3 is 2.53 bits per heavy atom. The van der Waals surface area contributed by atoms with Gasteiger partial charge in [-0.1, -0.05) is 12.1 Å². The predicted octanol–water partition coefficient (Wildman–Crippen LogP) is 2.30. The lowest BCUT2D eigenvalue weighted by Crippen LogP contribution is -2.51. The number of amides is 1. The van der Waals surface area contributed by atoms with Crippen molar-refractivity contribution in [1.82, 2.24) is 4.90 Å². The molecule has 1 aromatic rings. The Kier molecular flexibility index (Phi) is 3.75. The molecule has 1 aromatic carbocycles. The van der Waals surface area contributed by atoms with Gasteiger partial charge in [-0.05, 0) is 12.1 Å². The third-order valence-corrected chi connectivity index (χ3v) is 2.79. The van der Waals surface area contributed by atoms with E-state index in [1.165, 1.54) is 23.1 Å². The fourth-order valence-corrected chi connectivity index (χ4v) is 1.87. The van der Waals surface area contributed by atoms with E-state index in [4.69, 9.17) is 0 Å². The molecular formula is C12H12F4N2O. The maximum absolute atomic E-state index is 12.7. The molecule has 0 aromatic heterocycles. The molecule has 1 N–H and O–H groups in total. The third-order valence-electron chi connectivity index (χ3n) is 2.79. The van der Waals surface area contributed by atoms with Crippen LogP contribution >= 0.6 is 0 Å². The van der Waals surface area contributed by atoms with Crippen molar-refractivity contribution in [2.24, 2.45) is 0 Å². The van der Waals surface area contributed by atoms with E-state index in [9.17, 15) is 22.4 Å². The third kappa shape index (κ3) is 3.44. The van der Waals surface area contributed by atoms with E-state index in [0.29, 0.717) is 0 Å². The number of hydrogen-bond donors (Lipinski definition) is 1. The lowest BCUT2D eigenvalue weighted by Gasteiger charge is -2.33. The maximum Gasteiger partial charge on any atom is 0.418 e. The fourth-order valence-electron chi connectivity index (χ4n) is 1.87. The van der Waals surface area contributed by atoms with Gasteiger partial charge in [0.05, 0.1) is 17.8 Å². The van der Waals surface area contributed by atoms with Gasteiger partial charge in [0.1, 0.15) is 6.17 Å². The number of nitrogens with zero attached hydrogens (tertiary/aromatic N) is 1. The molecule has 0 bridgehead atoms. The smallest absolute Gasteiger partial charge is 0.324 e. The normalized spacial score (nSPS) is 17.1. The number of rotatable bonds is 3. The van der Waals surface area contributed by atoms with Gasteiger partial charge in [0.2, 0.25) is 5.91 Å². The number of halogens is 4. The summed E-state index contributed by atoms with van der Waals surface area (Å²) in [5, 5.41) is 2.21. The number of carbonyl (C=O) groups excluding carboxylic acids is 1. The Labute approximate surface area is 107 Å². The first-order valence-electron chi connectivity index (χ1n) is 5.69. The summed E-state index contributed by atoms with van der Waals surface area (Å²) < 4.78 is 50.6. The summed E-state index contributed by atoms with van der Waals surface area (Å²) in [5.41, 5.74) is -1.17. The predicted molar refractivity (Wildman–Crippen MR) is 61.4 cm³/mol. The van der Waals surface area contributed by atoms with Crippen molar-refractivity contribution >= 4 is 11.6 Å². The maximum atomic E-state index is 12.7. The first-order valence-corrected chi connectivity index (χ1v) is 5.69. The molecule has 19 heavy (non-hydrogen) atoms. The standard InChI is InChI=1S/C12H12F4N2O/c13-8-5-18(6-8)7-11(19)17-10-4-2-1-3-9(10)12(14,15)16/h1-4,8H,5-7H2,(H,17,19). The highest BCUT2D eigenvalue weighted by atomic mass is 19.4. The molecule has 1 fully saturated rings. The van der Waals surface area contributed by atoms with Gasteiger partial charge >= 0.3 is 6.18 Å². The zero-order chi connectivity index (χ0) is 14.0. The molecule has 0 radical (unpaired) electrons. The molecule has 1 amide bonds. The van der Waals surface area contributed by atoms with E-state index < -0.39 is 23.8 Å². The highest BCUT2D eigenvalue weighted by molar-refractivity contribution is 5.93. The first-order chi connectivity index (χ1) is 8.86. The minimum Gasteiger partial charge on any atom is -0.324 e. The van der Waals surface area contributed by atoms with Crippen LogP contribution in [0.2, 0.25) is 0 Å². The molecule has 7 heteroatoms. The number of nitrogens with one attached hydrogen (secondary N) is 1. The number of anilines is 1. The van der Waals surface area contributed by atoms with Crippen molar-refractivity contribution in [2.45, 2.75) is 12.3 Å². The summed E-state index contributed by atoms with van der Waals surface area (Å²) in [5.74, 6) is -0.580.